The van der Waals surface area contributed by atoms with Crippen molar-refractivity contribution >= 4 is 11.6 Å². The molecule has 4 aliphatic carbocycles. The Bertz CT molecular complexity index is 878. The van der Waals surface area contributed by atoms with Gasteiger partial charge < -0.3 is 15.9 Å². The van der Waals surface area contributed by atoms with Gasteiger partial charge in [0.1, 0.15) is 0 Å². The number of hydrogen-bond acceptors (Lipinski definition) is 4. The predicted octanol–water partition coefficient (Wildman–Crippen LogP) is 3.86. The monoisotopic (exact) mass is 454 g/mol. The van der Waals surface area contributed by atoms with Gasteiger partial charge in [-0.3, -0.25) is 5.43 Å². The SMILES string of the molecule is C[C@]12CC[C@H](O)C[C@H]1CC[C@@H]1[C@@H]2CC[C@]2(C)[C@@H](CNNC(N)=Nc3ccccc3)CC[C@]12O. The highest BCUT2D eigenvalue weighted by molar-refractivity contribution is 5.80. The number of benzene rings is 1. The van der Waals surface area contributed by atoms with Gasteiger partial charge in [-0.25, -0.2) is 10.4 Å². The predicted molar refractivity (Wildman–Crippen MR) is 132 cm³/mol. The molecule has 6 N–H and O–H groups in total. The van der Waals surface area contributed by atoms with Crippen molar-refractivity contribution < 1.29 is 10.2 Å². The first-order chi connectivity index (χ1) is 15.8. The Morgan fingerprint density at radius 1 is 1.03 bits per heavy atom. The Hall–Kier alpha value is -1.63. The third-order valence-electron chi connectivity index (χ3n) is 10.6. The second-order valence-electron chi connectivity index (χ2n) is 11.9. The highest BCUT2D eigenvalue weighted by atomic mass is 16.3. The van der Waals surface area contributed by atoms with Crippen LogP contribution in [0, 0.1) is 34.5 Å². The van der Waals surface area contributed by atoms with E-state index >= 15 is 0 Å². The molecule has 4 saturated carbocycles. The molecule has 0 radical (unpaired) electrons. The van der Waals surface area contributed by atoms with Crippen LogP contribution < -0.4 is 16.6 Å². The number of nitrogens with two attached hydrogens (primary N) is 1. The molecule has 1 aromatic rings. The Morgan fingerprint density at radius 2 is 1.82 bits per heavy atom. The maximum atomic E-state index is 12.2. The number of nitrogens with zero attached hydrogens (tertiary/aromatic N) is 1. The van der Waals surface area contributed by atoms with E-state index in [0.29, 0.717) is 29.6 Å². The van der Waals surface area contributed by atoms with Crippen LogP contribution in [0.4, 0.5) is 5.69 Å². The van der Waals surface area contributed by atoms with E-state index in [1.165, 1.54) is 6.42 Å². The van der Waals surface area contributed by atoms with Crippen LogP contribution >= 0.6 is 0 Å². The molecule has 33 heavy (non-hydrogen) atoms. The molecule has 8 atom stereocenters. The van der Waals surface area contributed by atoms with E-state index in [0.717, 1.165) is 63.6 Å². The van der Waals surface area contributed by atoms with E-state index in [-0.39, 0.29) is 16.9 Å². The average Bonchev–Trinajstić information content (AvgIpc) is 3.06. The van der Waals surface area contributed by atoms with Crippen LogP contribution in [0.5, 0.6) is 0 Å². The molecular weight excluding hydrogens is 412 g/mol. The van der Waals surface area contributed by atoms with Crippen molar-refractivity contribution in [3.05, 3.63) is 30.3 Å². The molecule has 0 aliphatic heterocycles. The first-order valence-electron chi connectivity index (χ1n) is 13.0. The number of aliphatic imine (C=N–C) groups is 1. The van der Waals surface area contributed by atoms with E-state index in [1.54, 1.807) is 0 Å². The van der Waals surface area contributed by atoms with Gasteiger partial charge in [0.15, 0.2) is 0 Å². The lowest BCUT2D eigenvalue weighted by atomic mass is 9.43. The second-order valence-corrected chi connectivity index (χ2v) is 11.9. The van der Waals surface area contributed by atoms with E-state index in [4.69, 9.17) is 5.73 Å². The van der Waals surface area contributed by atoms with Crippen molar-refractivity contribution in [3.63, 3.8) is 0 Å². The number of rotatable bonds is 4. The van der Waals surface area contributed by atoms with Gasteiger partial charge in [-0.05, 0) is 99.0 Å². The van der Waals surface area contributed by atoms with Crippen LogP contribution in [0.1, 0.15) is 71.6 Å². The van der Waals surface area contributed by atoms with Crippen LogP contribution in [0.15, 0.2) is 35.3 Å². The third kappa shape index (κ3) is 3.78. The van der Waals surface area contributed by atoms with E-state index in [9.17, 15) is 10.2 Å². The van der Waals surface area contributed by atoms with Gasteiger partial charge in [0.05, 0.1) is 17.4 Å². The summed E-state index contributed by atoms with van der Waals surface area (Å²) in [5.74, 6) is 2.34. The van der Waals surface area contributed by atoms with Crippen LogP contribution in [0.25, 0.3) is 0 Å². The Labute approximate surface area is 198 Å². The largest absolute Gasteiger partial charge is 0.393 e. The summed E-state index contributed by atoms with van der Waals surface area (Å²) in [5, 5.41) is 22.5. The summed E-state index contributed by atoms with van der Waals surface area (Å²) >= 11 is 0. The molecule has 5 rings (SSSR count). The van der Waals surface area contributed by atoms with Crippen molar-refractivity contribution in [2.45, 2.75) is 83.3 Å². The van der Waals surface area contributed by atoms with Crippen LogP contribution in [0.3, 0.4) is 0 Å². The van der Waals surface area contributed by atoms with Crippen molar-refractivity contribution in [2.24, 2.45) is 45.2 Å². The summed E-state index contributed by atoms with van der Waals surface area (Å²) < 4.78 is 0. The number of aliphatic hydroxyl groups is 2. The number of hydrogen-bond donors (Lipinski definition) is 5. The lowest BCUT2D eigenvalue weighted by Crippen LogP contribution is -2.63. The van der Waals surface area contributed by atoms with Crippen LogP contribution in [0.2, 0.25) is 0 Å². The maximum absolute atomic E-state index is 12.2. The Morgan fingerprint density at radius 3 is 2.61 bits per heavy atom. The number of para-hydroxylation sites is 1. The lowest BCUT2D eigenvalue weighted by molar-refractivity contribution is -0.209. The van der Waals surface area contributed by atoms with Crippen molar-refractivity contribution in [2.75, 3.05) is 6.54 Å². The van der Waals surface area contributed by atoms with E-state index < -0.39 is 5.60 Å². The van der Waals surface area contributed by atoms with E-state index in [1.807, 2.05) is 30.3 Å². The molecule has 4 aliphatic rings. The number of hydrazine groups is 1. The van der Waals surface area contributed by atoms with Gasteiger partial charge in [-0.2, -0.15) is 0 Å². The third-order valence-corrected chi connectivity index (χ3v) is 10.6. The fourth-order valence-corrected chi connectivity index (χ4v) is 8.58. The van der Waals surface area contributed by atoms with Gasteiger partial charge in [-0.15, -0.1) is 0 Å². The molecule has 1 aromatic carbocycles. The molecular formula is C27H42N4O2. The summed E-state index contributed by atoms with van der Waals surface area (Å²) in [6, 6.07) is 9.70. The normalized spacial score (nSPS) is 45.1. The molecule has 4 fully saturated rings. The summed E-state index contributed by atoms with van der Waals surface area (Å²) in [5.41, 5.74) is 12.9. The van der Waals surface area contributed by atoms with Crippen molar-refractivity contribution in [1.82, 2.24) is 10.9 Å². The minimum Gasteiger partial charge on any atom is -0.393 e. The maximum Gasteiger partial charge on any atom is 0.208 e. The van der Waals surface area contributed by atoms with Crippen LogP contribution in [-0.2, 0) is 0 Å². The number of nitrogens with one attached hydrogen (secondary N) is 2. The molecule has 0 saturated heterocycles. The van der Waals surface area contributed by atoms with Crippen molar-refractivity contribution in [3.8, 4) is 0 Å². The first-order valence-corrected chi connectivity index (χ1v) is 13.0. The molecule has 6 nitrogen and oxygen atoms in total. The smallest absolute Gasteiger partial charge is 0.208 e. The zero-order valence-corrected chi connectivity index (χ0v) is 20.3. The van der Waals surface area contributed by atoms with Gasteiger partial charge >= 0.3 is 0 Å². The zero-order valence-electron chi connectivity index (χ0n) is 20.3. The fraction of sp³-hybridized carbons (Fsp3) is 0.741. The first kappa shape index (κ1) is 23.1. The molecule has 0 aromatic heterocycles. The van der Waals surface area contributed by atoms with Gasteiger partial charge in [0, 0.05) is 12.0 Å². The second kappa shape index (κ2) is 8.54. The Kier molecular flexibility index (Phi) is 5.99. The number of guanidine groups is 1. The summed E-state index contributed by atoms with van der Waals surface area (Å²) in [7, 11) is 0. The molecule has 0 bridgehead atoms. The van der Waals surface area contributed by atoms with Crippen molar-refractivity contribution in [1.29, 1.82) is 0 Å². The zero-order chi connectivity index (χ0) is 23.3. The standard InChI is InChI=1S/C27H42N4O2/c1-25-13-11-21(32)16-18(25)8-9-23-22(25)12-14-26(2)19(10-15-27(23,26)33)17-29-31-24(28)30-20-6-4-3-5-7-20/h3-7,18-19,21-23,29,32-33H,8-17H2,1-2H3,(H3,28,30,31)/t18-,19-,21+,22+,23-,25+,26-,27+/m1/s1. The topological polar surface area (TPSA) is 103 Å². The minimum absolute atomic E-state index is 0.0778. The van der Waals surface area contributed by atoms with Gasteiger partial charge in [0.2, 0.25) is 5.96 Å². The van der Waals surface area contributed by atoms with Gasteiger partial charge in [-0.1, -0.05) is 32.0 Å². The fourth-order valence-electron chi connectivity index (χ4n) is 8.58. The van der Waals surface area contributed by atoms with E-state index in [2.05, 4.69) is 29.7 Å². The summed E-state index contributed by atoms with van der Waals surface area (Å²) in [6.45, 7) is 5.58. The molecule has 0 spiro atoms. The summed E-state index contributed by atoms with van der Waals surface area (Å²) in [6.07, 6.45) is 9.36. The van der Waals surface area contributed by atoms with Crippen LogP contribution in [-0.4, -0.2) is 34.4 Å². The number of fused-ring (bicyclic) bond motifs is 5. The Balaban J connectivity index is 1.25. The molecule has 0 heterocycles. The van der Waals surface area contributed by atoms with Gasteiger partial charge in [0.25, 0.3) is 0 Å². The molecule has 0 amide bonds. The molecule has 6 heteroatoms. The number of aliphatic hydroxyl groups excluding tert-OH is 1. The highest BCUT2D eigenvalue weighted by Crippen LogP contribution is 2.68. The lowest BCUT2D eigenvalue weighted by Gasteiger charge is -2.63. The summed E-state index contributed by atoms with van der Waals surface area (Å²) in [4.78, 5) is 4.39. The quantitative estimate of drug-likeness (QED) is 0.270. The average molecular weight is 455 g/mol. The minimum atomic E-state index is -0.587. The molecule has 0 unspecified atom stereocenters. The molecule has 182 valence electrons. The highest BCUT2D eigenvalue weighted by Gasteiger charge is 2.66.